The van der Waals surface area contributed by atoms with Gasteiger partial charge in [0.2, 0.25) is 5.91 Å². The lowest BCUT2D eigenvalue weighted by Gasteiger charge is -2.36. The summed E-state index contributed by atoms with van der Waals surface area (Å²) >= 11 is 14.8. The summed E-state index contributed by atoms with van der Waals surface area (Å²) in [4.78, 5) is 22.8. The van der Waals surface area contributed by atoms with Crippen molar-refractivity contribution in [3.63, 3.8) is 0 Å². The number of benzene rings is 1. The Morgan fingerprint density at radius 1 is 1.14 bits per heavy atom. The molecule has 1 amide bonds. The lowest BCUT2D eigenvalue weighted by Crippen LogP contribution is -2.54. The van der Waals surface area contributed by atoms with E-state index in [0.717, 1.165) is 35.5 Å². The van der Waals surface area contributed by atoms with Crippen LogP contribution in [-0.4, -0.2) is 74.4 Å². The number of carbonyl (C=O) groups excluding carboxylic acids is 1. The molecule has 1 fully saturated rings. The molecular weight excluding hydrogens is 575 g/mol. The molecule has 2 aromatic heterocycles. The second-order valence-electron chi connectivity index (χ2n) is 8.63. The zero-order chi connectivity index (χ0) is 26.7. The topological polar surface area (TPSA) is 83.0 Å². The van der Waals surface area contributed by atoms with E-state index in [1.165, 1.54) is 21.7 Å². The molecule has 3 heterocycles. The van der Waals surface area contributed by atoms with E-state index in [0.29, 0.717) is 51.7 Å². The minimum atomic E-state index is -3.88. The van der Waals surface area contributed by atoms with Crippen molar-refractivity contribution in [1.29, 1.82) is 0 Å². The van der Waals surface area contributed by atoms with Crippen LogP contribution in [0.2, 0.25) is 9.36 Å². The van der Waals surface area contributed by atoms with Gasteiger partial charge in [0, 0.05) is 19.6 Å². The molecule has 0 spiro atoms. The van der Waals surface area contributed by atoms with Crippen LogP contribution in [0.15, 0.2) is 28.5 Å². The van der Waals surface area contributed by atoms with E-state index in [9.17, 15) is 13.2 Å². The molecule has 0 N–H and O–H groups in total. The van der Waals surface area contributed by atoms with Gasteiger partial charge >= 0.3 is 0 Å². The van der Waals surface area contributed by atoms with Gasteiger partial charge in [-0.05, 0) is 50.2 Å². The van der Waals surface area contributed by atoms with Gasteiger partial charge in [-0.1, -0.05) is 54.8 Å². The molecule has 1 aliphatic heterocycles. The molecule has 13 heteroatoms. The summed E-state index contributed by atoms with van der Waals surface area (Å²) in [5, 5.41) is 0.993. The number of hydrogen-bond donors (Lipinski definition) is 0. The van der Waals surface area contributed by atoms with Crippen molar-refractivity contribution >= 4 is 77.2 Å². The summed E-state index contributed by atoms with van der Waals surface area (Å²) in [5.74, 6) is 0.279. The Bertz CT molecular complexity index is 1360. The molecule has 37 heavy (non-hydrogen) atoms. The zero-order valence-electron chi connectivity index (χ0n) is 20.9. The molecule has 1 saturated heterocycles. The fourth-order valence-corrected chi connectivity index (χ4v) is 9.02. The van der Waals surface area contributed by atoms with E-state index in [1.54, 1.807) is 30.2 Å². The lowest BCUT2D eigenvalue weighted by atomic mass is 10.0. The number of ether oxygens (including phenoxy) is 1. The van der Waals surface area contributed by atoms with E-state index in [2.05, 4.69) is 18.7 Å². The SMILES string of the molecule is CCN(CC)CCN(C(=O)C1CCCCN1S(=O)(=O)c1ccc(Cl)s1)c1nc2c(OC)ccc(Cl)c2s1. The van der Waals surface area contributed by atoms with Crippen LogP contribution >= 0.6 is 45.9 Å². The van der Waals surface area contributed by atoms with Crippen LogP contribution < -0.4 is 9.64 Å². The van der Waals surface area contributed by atoms with Crippen LogP contribution in [0.5, 0.6) is 5.75 Å². The summed E-state index contributed by atoms with van der Waals surface area (Å²) in [6.45, 7) is 7.08. The van der Waals surface area contributed by atoms with Crippen molar-refractivity contribution in [2.45, 2.75) is 43.4 Å². The van der Waals surface area contributed by atoms with Gasteiger partial charge in [-0.3, -0.25) is 9.69 Å². The van der Waals surface area contributed by atoms with E-state index in [4.69, 9.17) is 32.9 Å². The number of rotatable bonds is 10. The average molecular weight is 606 g/mol. The molecule has 1 unspecified atom stereocenters. The van der Waals surface area contributed by atoms with Crippen LogP contribution in [0, 0.1) is 0 Å². The van der Waals surface area contributed by atoms with Crippen LogP contribution in [0.3, 0.4) is 0 Å². The van der Waals surface area contributed by atoms with Crippen molar-refractivity contribution in [1.82, 2.24) is 14.2 Å². The quantitative estimate of drug-likeness (QED) is 0.300. The molecule has 202 valence electrons. The third kappa shape index (κ3) is 5.93. The first-order chi connectivity index (χ1) is 17.7. The first kappa shape index (κ1) is 28.5. The van der Waals surface area contributed by atoms with Crippen LogP contribution in [-0.2, 0) is 14.8 Å². The summed E-state index contributed by atoms with van der Waals surface area (Å²) in [6, 6.07) is 5.72. The number of hydrogen-bond acceptors (Lipinski definition) is 8. The number of thiophene rings is 1. The lowest BCUT2D eigenvalue weighted by molar-refractivity contribution is -0.123. The van der Waals surface area contributed by atoms with Gasteiger partial charge in [0.05, 0.1) is 21.2 Å². The third-order valence-corrected chi connectivity index (χ3v) is 11.7. The number of halogens is 2. The number of carbonyl (C=O) groups is 1. The number of fused-ring (bicyclic) bond motifs is 1. The maximum Gasteiger partial charge on any atom is 0.253 e. The largest absolute Gasteiger partial charge is 0.494 e. The predicted molar refractivity (Wildman–Crippen MR) is 152 cm³/mol. The highest BCUT2D eigenvalue weighted by Crippen LogP contribution is 2.40. The first-order valence-electron chi connectivity index (χ1n) is 12.1. The Kier molecular flexibility index (Phi) is 9.37. The Morgan fingerprint density at radius 3 is 2.54 bits per heavy atom. The Labute approximate surface area is 235 Å². The summed E-state index contributed by atoms with van der Waals surface area (Å²) < 4.78 is 35.2. The van der Waals surface area contributed by atoms with E-state index in [1.807, 2.05) is 0 Å². The van der Waals surface area contributed by atoms with Crippen molar-refractivity contribution in [3.8, 4) is 5.75 Å². The minimum absolute atomic E-state index is 0.142. The fourth-order valence-electron chi connectivity index (χ4n) is 4.47. The van der Waals surface area contributed by atoms with Gasteiger partial charge in [-0.15, -0.1) is 11.3 Å². The standard InChI is InChI=1S/C24H30Cl2N4O4S3/c1-4-28(5-2)14-15-29(24-27-21-18(34-3)10-9-16(25)22(21)36-24)23(31)17-8-6-7-13-30(17)37(32,33)20-12-11-19(26)35-20/h9-12,17H,4-8,13-15H2,1-3H3. The molecule has 0 radical (unpaired) electrons. The summed E-state index contributed by atoms with van der Waals surface area (Å²) in [5.41, 5.74) is 0.581. The zero-order valence-corrected chi connectivity index (χ0v) is 24.9. The van der Waals surface area contributed by atoms with Crippen molar-refractivity contribution in [2.75, 3.05) is 44.7 Å². The normalized spacial score (nSPS) is 17.0. The number of aromatic nitrogens is 1. The second kappa shape index (κ2) is 12.1. The molecule has 1 aromatic carbocycles. The molecular formula is C24H30Cl2N4O4S3. The van der Waals surface area contributed by atoms with Gasteiger partial charge in [0.25, 0.3) is 10.0 Å². The number of amides is 1. The van der Waals surface area contributed by atoms with Crippen molar-refractivity contribution in [3.05, 3.63) is 33.6 Å². The highest BCUT2D eigenvalue weighted by atomic mass is 35.5. The van der Waals surface area contributed by atoms with E-state index in [-0.39, 0.29) is 16.7 Å². The van der Waals surface area contributed by atoms with Crippen LogP contribution in [0.1, 0.15) is 33.1 Å². The number of nitrogens with zero attached hydrogens (tertiary/aromatic N) is 4. The first-order valence-corrected chi connectivity index (χ1v) is 16.0. The molecule has 0 aliphatic carbocycles. The highest BCUT2D eigenvalue weighted by molar-refractivity contribution is 7.91. The van der Waals surface area contributed by atoms with Gasteiger partial charge < -0.3 is 9.64 Å². The van der Waals surface area contributed by atoms with E-state index >= 15 is 0 Å². The van der Waals surface area contributed by atoms with Crippen LogP contribution in [0.25, 0.3) is 10.2 Å². The van der Waals surface area contributed by atoms with E-state index < -0.39 is 16.1 Å². The Hall–Kier alpha value is -1.47. The van der Waals surface area contributed by atoms with Gasteiger partial charge in [0.1, 0.15) is 21.5 Å². The Balaban J connectivity index is 1.74. The smallest absolute Gasteiger partial charge is 0.253 e. The number of piperidine rings is 1. The highest BCUT2D eigenvalue weighted by Gasteiger charge is 2.41. The number of anilines is 1. The maximum atomic E-state index is 14.2. The molecule has 4 rings (SSSR count). The van der Waals surface area contributed by atoms with Gasteiger partial charge in [-0.2, -0.15) is 4.31 Å². The molecule has 1 aliphatic rings. The fraction of sp³-hybridized carbons (Fsp3) is 0.500. The maximum absolute atomic E-state index is 14.2. The monoisotopic (exact) mass is 604 g/mol. The molecule has 3 aromatic rings. The molecule has 8 nitrogen and oxygen atoms in total. The van der Waals surface area contributed by atoms with Gasteiger partial charge in [0.15, 0.2) is 5.13 Å². The second-order valence-corrected chi connectivity index (χ2v) is 13.8. The Morgan fingerprint density at radius 2 is 1.89 bits per heavy atom. The van der Waals surface area contributed by atoms with Crippen molar-refractivity contribution in [2.24, 2.45) is 0 Å². The predicted octanol–water partition coefficient (Wildman–Crippen LogP) is 5.59. The van der Waals surface area contributed by atoms with Crippen molar-refractivity contribution < 1.29 is 17.9 Å². The molecule has 0 bridgehead atoms. The number of likely N-dealkylation sites (N-methyl/N-ethyl adjacent to an activating group) is 1. The minimum Gasteiger partial charge on any atom is -0.494 e. The molecule has 1 atom stereocenters. The third-order valence-electron chi connectivity index (χ3n) is 6.55. The number of sulfonamides is 1. The van der Waals surface area contributed by atoms with Crippen LogP contribution in [0.4, 0.5) is 5.13 Å². The summed E-state index contributed by atoms with van der Waals surface area (Å²) in [6.07, 6.45) is 1.89. The summed E-state index contributed by atoms with van der Waals surface area (Å²) in [7, 11) is -2.32. The average Bonchev–Trinajstić information content (AvgIpc) is 3.54. The number of methoxy groups -OCH3 is 1. The number of thiazole rings is 1. The molecule has 0 saturated carbocycles. The van der Waals surface area contributed by atoms with Gasteiger partial charge in [-0.25, -0.2) is 13.4 Å².